The summed E-state index contributed by atoms with van der Waals surface area (Å²) in [4.78, 5) is 22.5. The van der Waals surface area contributed by atoms with Gasteiger partial charge in [0.1, 0.15) is 0 Å². The van der Waals surface area contributed by atoms with Gasteiger partial charge in [-0.25, -0.2) is 4.79 Å². The van der Waals surface area contributed by atoms with Crippen molar-refractivity contribution < 1.29 is 9.59 Å². The maximum atomic E-state index is 11.7. The van der Waals surface area contributed by atoms with Crippen LogP contribution in [0.5, 0.6) is 0 Å². The molecule has 0 aliphatic rings. The molecule has 1 aromatic rings. The van der Waals surface area contributed by atoms with Crippen molar-refractivity contribution in [2.45, 2.75) is 20.3 Å². The van der Waals surface area contributed by atoms with E-state index in [9.17, 15) is 9.59 Å². The summed E-state index contributed by atoms with van der Waals surface area (Å²) in [5.74, 6) is -0.159. The number of nitrogens with two attached hydrogens (primary N) is 1. The van der Waals surface area contributed by atoms with E-state index in [1.165, 1.54) is 0 Å². The number of carbonyl (C=O) groups excluding carboxylic acids is 2. The van der Waals surface area contributed by atoms with Crippen LogP contribution in [0.15, 0.2) is 35.9 Å². The van der Waals surface area contributed by atoms with Gasteiger partial charge in [0, 0.05) is 16.9 Å². The summed E-state index contributed by atoms with van der Waals surface area (Å²) in [6.45, 7) is 3.72. The number of allylic oxidation sites excluding steroid dienone is 1. The van der Waals surface area contributed by atoms with Crippen LogP contribution < -0.4 is 16.4 Å². The van der Waals surface area contributed by atoms with E-state index in [1.54, 1.807) is 31.2 Å². The Labute approximate surface area is 106 Å². The SMILES string of the molecule is CC/C=C(\C)C(=O)Nc1cccc(NC(N)=O)c1. The number of hydrogen-bond donors (Lipinski definition) is 3. The van der Waals surface area contributed by atoms with Crippen LogP contribution >= 0.6 is 0 Å². The lowest BCUT2D eigenvalue weighted by Gasteiger charge is -2.07. The minimum Gasteiger partial charge on any atom is -0.351 e. The van der Waals surface area contributed by atoms with Crippen LogP contribution in [0.3, 0.4) is 0 Å². The average molecular weight is 247 g/mol. The summed E-state index contributed by atoms with van der Waals surface area (Å²) >= 11 is 0. The van der Waals surface area contributed by atoms with E-state index >= 15 is 0 Å². The minimum absolute atomic E-state index is 0.159. The highest BCUT2D eigenvalue weighted by Gasteiger charge is 2.05. The van der Waals surface area contributed by atoms with Crippen molar-refractivity contribution in [2.75, 3.05) is 10.6 Å². The van der Waals surface area contributed by atoms with Crippen molar-refractivity contribution in [2.24, 2.45) is 5.73 Å². The standard InChI is InChI=1S/C13H17N3O2/c1-3-5-9(2)12(17)15-10-6-4-7-11(8-10)16-13(14)18/h4-8H,3H2,1-2H3,(H,15,17)(H3,14,16,18)/b9-5+. The molecule has 5 heteroatoms. The molecule has 0 aromatic heterocycles. The fourth-order valence-electron chi connectivity index (χ4n) is 1.45. The van der Waals surface area contributed by atoms with Crippen LogP contribution in [-0.2, 0) is 4.79 Å². The van der Waals surface area contributed by atoms with Gasteiger partial charge in [0.2, 0.25) is 0 Å². The Morgan fingerprint density at radius 2 is 1.89 bits per heavy atom. The Kier molecular flexibility index (Phi) is 4.92. The first-order valence-corrected chi connectivity index (χ1v) is 5.67. The zero-order chi connectivity index (χ0) is 13.5. The molecule has 0 bridgehead atoms. The quantitative estimate of drug-likeness (QED) is 0.714. The monoisotopic (exact) mass is 247 g/mol. The molecule has 4 N–H and O–H groups in total. The maximum Gasteiger partial charge on any atom is 0.316 e. The third-order valence-corrected chi connectivity index (χ3v) is 2.26. The van der Waals surface area contributed by atoms with Crippen LogP contribution in [-0.4, -0.2) is 11.9 Å². The normalized spacial score (nSPS) is 10.9. The summed E-state index contributed by atoms with van der Waals surface area (Å²) in [6, 6.07) is 6.15. The summed E-state index contributed by atoms with van der Waals surface area (Å²) in [5, 5.41) is 5.19. The van der Waals surface area contributed by atoms with E-state index in [1.807, 2.05) is 13.0 Å². The molecule has 96 valence electrons. The Morgan fingerprint density at radius 1 is 1.28 bits per heavy atom. The van der Waals surface area contributed by atoms with E-state index in [0.717, 1.165) is 6.42 Å². The van der Waals surface area contributed by atoms with Crippen molar-refractivity contribution in [3.8, 4) is 0 Å². The predicted octanol–water partition coefficient (Wildman–Crippen LogP) is 2.47. The molecule has 0 aliphatic heterocycles. The molecular formula is C13H17N3O2. The van der Waals surface area contributed by atoms with Crippen LogP contribution in [0.4, 0.5) is 16.2 Å². The molecule has 0 radical (unpaired) electrons. The van der Waals surface area contributed by atoms with Crippen molar-refractivity contribution in [1.29, 1.82) is 0 Å². The van der Waals surface area contributed by atoms with E-state index < -0.39 is 6.03 Å². The van der Waals surface area contributed by atoms with Gasteiger partial charge in [0.15, 0.2) is 0 Å². The van der Waals surface area contributed by atoms with Gasteiger partial charge in [-0.1, -0.05) is 19.1 Å². The van der Waals surface area contributed by atoms with E-state index in [0.29, 0.717) is 16.9 Å². The Balaban J connectivity index is 2.76. The third kappa shape index (κ3) is 4.29. The van der Waals surface area contributed by atoms with Gasteiger partial charge >= 0.3 is 6.03 Å². The van der Waals surface area contributed by atoms with E-state index in [4.69, 9.17) is 5.73 Å². The number of carbonyl (C=O) groups is 2. The molecule has 0 unspecified atom stereocenters. The number of urea groups is 1. The highest BCUT2D eigenvalue weighted by Crippen LogP contribution is 2.15. The van der Waals surface area contributed by atoms with Crippen LogP contribution in [0.2, 0.25) is 0 Å². The van der Waals surface area contributed by atoms with E-state index in [2.05, 4.69) is 10.6 Å². The number of hydrogen-bond acceptors (Lipinski definition) is 2. The number of amides is 3. The molecule has 1 aromatic carbocycles. The molecule has 5 nitrogen and oxygen atoms in total. The van der Waals surface area contributed by atoms with Gasteiger partial charge in [-0.15, -0.1) is 0 Å². The van der Waals surface area contributed by atoms with Gasteiger partial charge in [-0.3, -0.25) is 4.79 Å². The van der Waals surface area contributed by atoms with Gasteiger partial charge in [-0.2, -0.15) is 0 Å². The van der Waals surface area contributed by atoms with Gasteiger partial charge in [-0.05, 0) is 31.5 Å². The Morgan fingerprint density at radius 3 is 2.44 bits per heavy atom. The maximum absolute atomic E-state index is 11.7. The summed E-state index contributed by atoms with van der Waals surface area (Å²) in [6.07, 6.45) is 2.66. The highest BCUT2D eigenvalue weighted by atomic mass is 16.2. The summed E-state index contributed by atoms with van der Waals surface area (Å²) < 4.78 is 0. The topological polar surface area (TPSA) is 84.2 Å². The highest BCUT2D eigenvalue weighted by molar-refractivity contribution is 6.03. The molecular weight excluding hydrogens is 230 g/mol. The lowest BCUT2D eigenvalue weighted by atomic mass is 10.2. The molecule has 0 spiro atoms. The molecule has 3 amide bonds. The molecule has 0 saturated carbocycles. The second-order valence-electron chi connectivity index (χ2n) is 3.82. The second-order valence-corrected chi connectivity index (χ2v) is 3.82. The lowest BCUT2D eigenvalue weighted by molar-refractivity contribution is -0.112. The zero-order valence-electron chi connectivity index (χ0n) is 10.5. The first-order valence-electron chi connectivity index (χ1n) is 5.67. The Hall–Kier alpha value is -2.30. The predicted molar refractivity (Wildman–Crippen MR) is 72.3 cm³/mol. The second kappa shape index (κ2) is 6.44. The summed E-state index contributed by atoms with van der Waals surface area (Å²) in [5.41, 5.74) is 6.82. The molecule has 18 heavy (non-hydrogen) atoms. The fourth-order valence-corrected chi connectivity index (χ4v) is 1.45. The zero-order valence-corrected chi connectivity index (χ0v) is 10.5. The van der Waals surface area contributed by atoms with Gasteiger partial charge < -0.3 is 16.4 Å². The molecule has 0 heterocycles. The van der Waals surface area contributed by atoms with Crippen molar-refractivity contribution in [1.82, 2.24) is 0 Å². The largest absolute Gasteiger partial charge is 0.351 e. The lowest BCUT2D eigenvalue weighted by Crippen LogP contribution is -2.19. The number of primary amides is 1. The van der Waals surface area contributed by atoms with Crippen molar-refractivity contribution in [3.63, 3.8) is 0 Å². The fraction of sp³-hybridized carbons (Fsp3) is 0.231. The number of benzene rings is 1. The number of anilines is 2. The molecule has 0 fully saturated rings. The van der Waals surface area contributed by atoms with E-state index in [-0.39, 0.29) is 5.91 Å². The average Bonchev–Trinajstić information content (AvgIpc) is 2.28. The molecule has 1 rings (SSSR count). The van der Waals surface area contributed by atoms with Gasteiger partial charge in [0.05, 0.1) is 0 Å². The van der Waals surface area contributed by atoms with Crippen LogP contribution in [0.1, 0.15) is 20.3 Å². The van der Waals surface area contributed by atoms with Crippen LogP contribution in [0, 0.1) is 0 Å². The van der Waals surface area contributed by atoms with Crippen molar-refractivity contribution in [3.05, 3.63) is 35.9 Å². The minimum atomic E-state index is -0.638. The summed E-state index contributed by atoms with van der Waals surface area (Å²) in [7, 11) is 0. The number of rotatable bonds is 4. The number of nitrogens with one attached hydrogen (secondary N) is 2. The molecule has 0 saturated heterocycles. The third-order valence-electron chi connectivity index (χ3n) is 2.26. The van der Waals surface area contributed by atoms with Crippen LogP contribution in [0.25, 0.3) is 0 Å². The molecule has 0 aliphatic carbocycles. The Bertz CT molecular complexity index is 481. The van der Waals surface area contributed by atoms with Crippen molar-refractivity contribution >= 4 is 23.3 Å². The first-order chi connectivity index (χ1) is 8.52. The van der Waals surface area contributed by atoms with Gasteiger partial charge in [0.25, 0.3) is 5.91 Å². The first kappa shape index (κ1) is 13.8. The molecule has 0 atom stereocenters. The smallest absolute Gasteiger partial charge is 0.316 e.